The summed E-state index contributed by atoms with van der Waals surface area (Å²) in [6.45, 7) is 4.74. The van der Waals surface area contributed by atoms with Crippen molar-refractivity contribution in [3.05, 3.63) is 24.0 Å². The molecule has 0 radical (unpaired) electrons. The fourth-order valence-corrected chi connectivity index (χ4v) is 2.63. The molecule has 0 saturated carbocycles. The number of fused-ring (bicyclic) bond motifs is 1. The predicted octanol–water partition coefficient (Wildman–Crippen LogP) is 1.51. The maximum Gasteiger partial charge on any atom is 0.124 e. The molecular formula is C16H19N3O2. The number of nitrogens with zero attached hydrogens (tertiary/aromatic N) is 3. The molecule has 0 bridgehead atoms. The van der Waals surface area contributed by atoms with E-state index >= 15 is 0 Å². The number of morpholine rings is 1. The van der Waals surface area contributed by atoms with Gasteiger partial charge in [-0.2, -0.15) is 0 Å². The Hall–Kier alpha value is -2.03. The lowest BCUT2D eigenvalue weighted by Gasteiger charge is -2.26. The van der Waals surface area contributed by atoms with Gasteiger partial charge in [0, 0.05) is 19.2 Å². The lowest BCUT2D eigenvalue weighted by atomic mass is 10.3. The molecule has 0 atom stereocenters. The number of imidazole rings is 1. The van der Waals surface area contributed by atoms with Gasteiger partial charge in [0.15, 0.2) is 0 Å². The molecule has 5 nitrogen and oxygen atoms in total. The topological polar surface area (TPSA) is 39.5 Å². The van der Waals surface area contributed by atoms with Gasteiger partial charge in [0.05, 0.1) is 44.4 Å². The van der Waals surface area contributed by atoms with Crippen LogP contribution in [-0.4, -0.2) is 47.9 Å². The van der Waals surface area contributed by atoms with Crippen LogP contribution in [0.15, 0.2) is 18.2 Å². The largest absolute Gasteiger partial charge is 0.497 e. The van der Waals surface area contributed by atoms with E-state index in [0.717, 1.165) is 55.5 Å². The number of aromatic nitrogens is 2. The van der Waals surface area contributed by atoms with Gasteiger partial charge in [-0.3, -0.25) is 4.90 Å². The van der Waals surface area contributed by atoms with Gasteiger partial charge in [-0.25, -0.2) is 4.98 Å². The van der Waals surface area contributed by atoms with Gasteiger partial charge in [-0.15, -0.1) is 6.42 Å². The summed E-state index contributed by atoms with van der Waals surface area (Å²) in [5.74, 6) is 4.53. The average Bonchev–Trinajstić information content (AvgIpc) is 2.85. The van der Waals surface area contributed by atoms with Gasteiger partial charge in [0.1, 0.15) is 11.6 Å². The van der Waals surface area contributed by atoms with Crippen LogP contribution < -0.4 is 4.74 Å². The van der Waals surface area contributed by atoms with E-state index in [1.807, 2.05) is 18.2 Å². The average molecular weight is 285 g/mol. The highest BCUT2D eigenvalue weighted by atomic mass is 16.5. The van der Waals surface area contributed by atoms with Crippen molar-refractivity contribution in [2.75, 3.05) is 33.4 Å². The van der Waals surface area contributed by atoms with E-state index in [1.54, 1.807) is 7.11 Å². The molecule has 0 aliphatic carbocycles. The number of benzene rings is 1. The van der Waals surface area contributed by atoms with Gasteiger partial charge < -0.3 is 14.0 Å². The molecule has 1 aliphatic rings. The van der Waals surface area contributed by atoms with Gasteiger partial charge in [-0.1, -0.05) is 5.92 Å². The Kier molecular flexibility index (Phi) is 4.09. The quantitative estimate of drug-likeness (QED) is 0.798. The Balaban J connectivity index is 1.96. The molecule has 2 aromatic rings. The van der Waals surface area contributed by atoms with Crippen molar-refractivity contribution < 1.29 is 9.47 Å². The van der Waals surface area contributed by atoms with Crippen molar-refractivity contribution in [2.45, 2.75) is 13.1 Å². The van der Waals surface area contributed by atoms with Crippen LogP contribution in [0.3, 0.4) is 0 Å². The van der Waals surface area contributed by atoms with Crippen LogP contribution in [-0.2, 0) is 17.8 Å². The molecule has 0 N–H and O–H groups in total. The highest BCUT2D eigenvalue weighted by Crippen LogP contribution is 2.22. The normalized spacial score (nSPS) is 16.0. The molecule has 2 heterocycles. The first-order chi connectivity index (χ1) is 10.3. The Bertz CT molecular complexity index is 666. The molecule has 1 aromatic carbocycles. The number of hydrogen-bond donors (Lipinski definition) is 0. The second kappa shape index (κ2) is 6.17. The summed E-state index contributed by atoms with van der Waals surface area (Å²) >= 11 is 0. The molecule has 3 rings (SSSR count). The van der Waals surface area contributed by atoms with E-state index in [0.29, 0.717) is 6.54 Å². The Morgan fingerprint density at radius 1 is 1.38 bits per heavy atom. The summed E-state index contributed by atoms with van der Waals surface area (Å²) in [6, 6.07) is 5.89. The number of rotatable bonds is 4. The molecule has 0 spiro atoms. The predicted molar refractivity (Wildman–Crippen MR) is 81.2 cm³/mol. The van der Waals surface area contributed by atoms with Crippen LogP contribution in [0, 0.1) is 12.3 Å². The van der Waals surface area contributed by atoms with E-state index in [1.165, 1.54) is 0 Å². The van der Waals surface area contributed by atoms with Gasteiger partial charge >= 0.3 is 0 Å². The molecule has 1 aromatic heterocycles. The smallest absolute Gasteiger partial charge is 0.124 e. The molecule has 21 heavy (non-hydrogen) atoms. The van der Waals surface area contributed by atoms with E-state index in [9.17, 15) is 0 Å². The minimum Gasteiger partial charge on any atom is -0.497 e. The van der Waals surface area contributed by atoms with E-state index in [-0.39, 0.29) is 0 Å². The first-order valence-corrected chi connectivity index (χ1v) is 7.08. The summed E-state index contributed by atoms with van der Waals surface area (Å²) < 4.78 is 12.8. The maximum atomic E-state index is 5.52. The van der Waals surface area contributed by atoms with Gasteiger partial charge in [-0.05, 0) is 12.1 Å². The van der Waals surface area contributed by atoms with Crippen LogP contribution in [0.1, 0.15) is 5.82 Å². The highest BCUT2D eigenvalue weighted by Gasteiger charge is 2.16. The third kappa shape index (κ3) is 2.87. The zero-order valence-electron chi connectivity index (χ0n) is 12.2. The summed E-state index contributed by atoms with van der Waals surface area (Å²) in [4.78, 5) is 7.07. The first kappa shape index (κ1) is 13.9. The monoisotopic (exact) mass is 285 g/mol. The van der Waals surface area contributed by atoms with Crippen molar-refractivity contribution >= 4 is 11.0 Å². The summed E-state index contributed by atoms with van der Waals surface area (Å²) in [6.07, 6.45) is 5.52. The number of terminal acetylenes is 1. The van der Waals surface area contributed by atoms with Crippen molar-refractivity contribution in [3.63, 3.8) is 0 Å². The van der Waals surface area contributed by atoms with Crippen LogP contribution in [0.25, 0.3) is 11.0 Å². The number of methoxy groups -OCH3 is 1. The minimum atomic E-state index is 0.517. The van der Waals surface area contributed by atoms with Crippen molar-refractivity contribution in [2.24, 2.45) is 0 Å². The molecule has 5 heteroatoms. The maximum absolute atomic E-state index is 5.52. The third-order valence-corrected chi connectivity index (χ3v) is 3.75. The fraction of sp³-hybridized carbons (Fsp3) is 0.438. The standard InChI is InChI=1S/C16H19N3O2/c1-3-6-19-15-11-13(20-2)4-5-14(15)17-16(19)12-18-7-9-21-10-8-18/h1,4-5,11H,6-10,12H2,2H3. The molecule has 0 unspecified atom stereocenters. The molecule has 1 saturated heterocycles. The third-order valence-electron chi connectivity index (χ3n) is 3.75. The second-order valence-electron chi connectivity index (χ2n) is 5.06. The van der Waals surface area contributed by atoms with Crippen LogP contribution in [0.5, 0.6) is 5.75 Å². The zero-order chi connectivity index (χ0) is 14.7. The summed E-state index contributed by atoms with van der Waals surface area (Å²) in [5.41, 5.74) is 1.98. The molecule has 1 aliphatic heterocycles. The first-order valence-electron chi connectivity index (χ1n) is 7.08. The number of ether oxygens (including phenoxy) is 2. The van der Waals surface area contributed by atoms with Crippen molar-refractivity contribution in [1.82, 2.24) is 14.5 Å². The molecule has 1 fully saturated rings. The lowest BCUT2D eigenvalue weighted by Crippen LogP contribution is -2.36. The molecule has 0 amide bonds. The summed E-state index contributed by atoms with van der Waals surface area (Å²) in [7, 11) is 1.66. The lowest BCUT2D eigenvalue weighted by molar-refractivity contribution is 0.0327. The van der Waals surface area contributed by atoms with Crippen molar-refractivity contribution in [1.29, 1.82) is 0 Å². The van der Waals surface area contributed by atoms with E-state index in [4.69, 9.17) is 20.9 Å². The summed E-state index contributed by atoms with van der Waals surface area (Å²) in [5, 5.41) is 0. The van der Waals surface area contributed by atoms with Gasteiger partial charge in [0.25, 0.3) is 0 Å². The Morgan fingerprint density at radius 3 is 2.90 bits per heavy atom. The number of hydrogen-bond acceptors (Lipinski definition) is 4. The molecular weight excluding hydrogens is 266 g/mol. The minimum absolute atomic E-state index is 0.517. The van der Waals surface area contributed by atoms with Crippen LogP contribution >= 0.6 is 0 Å². The van der Waals surface area contributed by atoms with E-state index in [2.05, 4.69) is 15.4 Å². The Labute approximate surface area is 124 Å². The van der Waals surface area contributed by atoms with Crippen LogP contribution in [0.4, 0.5) is 0 Å². The zero-order valence-corrected chi connectivity index (χ0v) is 12.2. The van der Waals surface area contributed by atoms with Crippen LogP contribution in [0.2, 0.25) is 0 Å². The van der Waals surface area contributed by atoms with Crippen molar-refractivity contribution in [3.8, 4) is 18.1 Å². The SMILES string of the molecule is C#CCn1c(CN2CCOCC2)nc2ccc(OC)cc21. The fourth-order valence-electron chi connectivity index (χ4n) is 2.63. The van der Waals surface area contributed by atoms with E-state index < -0.39 is 0 Å². The molecule has 110 valence electrons. The van der Waals surface area contributed by atoms with Gasteiger partial charge in [0.2, 0.25) is 0 Å². The Morgan fingerprint density at radius 2 is 2.19 bits per heavy atom. The second-order valence-corrected chi connectivity index (χ2v) is 5.06. The highest BCUT2D eigenvalue weighted by molar-refractivity contribution is 5.78.